The van der Waals surface area contributed by atoms with Gasteiger partial charge in [-0.3, -0.25) is 4.79 Å². The van der Waals surface area contributed by atoms with Crippen LogP contribution in [0.5, 0.6) is 0 Å². The molecule has 6 nitrogen and oxygen atoms in total. The van der Waals surface area contributed by atoms with Crippen LogP contribution in [0.4, 0.5) is 4.79 Å². The normalized spacial score (nSPS) is 14.3. The Kier molecular flexibility index (Phi) is 5.88. The fourth-order valence-corrected chi connectivity index (χ4v) is 3.31. The Morgan fingerprint density at radius 2 is 1.45 bits per heavy atom. The maximum Gasteiger partial charge on any atom is 0.410 e. The van der Waals surface area contributed by atoms with Gasteiger partial charge in [0.2, 0.25) is 0 Å². The van der Waals surface area contributed by atoms with E-state index in [0.29, 0.717) is 37.3 Å². The summed E-state index contributed by atoms with van der Waals surface area (Å²) in [5.74, 6) is -0.0998. The first-order valence-corrected chi connectivity index (χ1v) is 9.66. The van der Waals surface area contributed by atoms with Crippen LogP contribution in [0.25, 0.3) is 11.1 Å². The maximum atomic E-state index is 13.2. The van der Waals surface area contributed by atoms with Gasteiger partial charge in [-0.1, -0.05) is 36.4 Å². The molecule has 150 valence electrons. The van der Waals surface area contributed by atoms with E-state index in [0.717, 1.165) is 11.1 Å². The van der Waals surface area contributed by atoms with Crippen molar-refractivity contribution in [2.45, 2.75) is 26.4 Å². The van der Waals surface area contributed by atoms with Crippen LogP contribution in [0.1, 0.15) is 36.7 Å². The Bertz CT molecular complexity index is 948. The van der Waals surface area contributed by atoms with Crippen molar-refractivity contribution in [3.63, 3.8) is 0 Å². The molecular formula is C23H25N3O3. The number of hydrogen-bond acceptors (Lipinski definition) is 4. The van der Waals surface area contributed by atoms with Crippen molar-refractivity contribution in [2.24, 2.45) is 0 Å². The van der Waals surface area contributed by atoms with Crippen LogP contribution >= 0.6 is 0 Å². The van der Waals surface area contributed by atoms with E-state index in [1.807, 2.05) is 57.2 Å². The quantitative estimate of drug-likeness (QED) is 0.778. The highest BCUT2D eigenvalue weighted by molar-refractivity contribution is 6.01. The van der Waals surface area contributed by atoms with Crippen molar-refractivity contribution in [3.05, 3.63) is 59.7 Å². The summed E-state index contributed by atoms with van der Waals surface area (Å²) in [4.78, 5) is 28.8. The second-order valence-electron chi connectivity index (χ2n) is 7.96. The lowest BCUT2D eigenvalue weighted by molar-refractivity contribution is 0.0141. The SMILES string of the molecule is CC(C)(C)OC(=O)N1CCN(C(=O)c2ccccc2-c2ccccc2C#N)CC1. The van der Waals surface area contributed by atoms with E-state index in [1.54, 1.807) is 21.9 Å². The van der Waals surface area contributed by atoms with Gasteiger partial charge in [-0.25, -0.2) is 4.79 Å². The molecule has 29 heavy (non-hydrogen) atoms. The van der Waals surface area contributed by atoms with Crippen molar-refractivity contribution in [2.75, 3.05) is 26.2 Å². The van der Waals surface area contributed by atoms with E-state index < -0.39 is 5.60 Å². The summed E-state index contributed by atoms with van der Waals surface area (Å²) < 4.78 is 5.41. The van der Waals surface area contributed by atoms with Gasteiger partial charge >= 0.3 is 6.09 Å². The number of benzene rings is 2. The molecule has 1 aliphatic heterocycles. The predicted octanol–water partition coefficient (Wildman–Crippen LogP) is 3.92. The number of carbonyl (C=O) groups excluding carboxylic acids is 2. The summed E-state index contributed by atoms with van der Waals surface area (Å²) in [7, 11) is 0. The third-order valence-corrected chi connectivity index (χ3v) is 4.71. The average molecular weight is 391 g/mol. The van der Waals surface area contributed by atoms with Crippen LogP contribution in [-0.4, -0.2) is 53.6 Å². The first kappa shape index (κ1) is 20.4. The summed E-state index contributed by atoms with van der Waals surface area (Å²) in [6.45, 7) is 7.23. The van der Waals surface area contributed by atoms with Crippen LogP contribution in [0.2, 0.25) is 0 Å². The average Bonchev–Trinajstić information content (AvgIpc) is 2.72. The van der Waals surface area contributed by atoms with Gasteiger partial charge in [0.15, 0.2) is 0 Å². The summed E-state index contributed by atoms with van der Waals surface area (Å²) >= 11 is 0. The molecule has 0 radical (unpaired) electrons. The summed E-state index contributed by atoms with van der Waals surface area (Å²) in [6, 6.07) is 16.8. The van der Waals surface area contributed by atoms with Crippen LogP contribution < -0.4 is 0 Å². The third-order valence-electron chi connectivity index (χ3n) is 4.71. The van der Waals surface area contributed by atoms with Gasteiger partial charge in [-0.05, 0) is 38.5 Å². The molecule has 1 aliphatic rings. The number of nitrogens with zero attached hydrogens (tertiary/aromatic N) is 3. The molecule has 0 bridgehead atoms. The summed E-state index contributed by atoms with van der Waals surface area (Å²) in [6.07, 6.45) is -0.354. The van der Waals surface area contributed by atoms with Crippen molar-refractivity contribution in [3.8, 4) is 17.2 Å². The van der Waals surface area contributed by atoms with Gasteiger partial charge in [0, 0.05) is 37.3 Å². The zero-order chi connectivity index (χ0) is 21.0. The Labute approximate surface area is 171 Å². The van der Waals surface area contributed by atoms with Crippen LogP contribution in [-0.2, 0) is 4.74 Å². The van der Waals surface area contributed by atoms with Crippen LogP contribution in [0.3, 0.4) is 0 Å². The zero-order valence-corrected chi connectivity index (χ0v) is 17.0. The molecule has 1 heterocycles. The van der Waals surface area contributed by atoms with E-state index in [-0.39, 0.29) is 12.0 Å². The zero-order valence-electron chi connectivity index (χ0n) is 17.0. The largest absolute Gasteiger partial charge is 0.444 e. The van der Waals surface area contributed by atoms with E-state index in [1.165, 1.54) is 0 Å². The lowest BCUT2D eigenvalue weighted by Crippen LogP contribution is -2.51. The molecule has 2 aromatic rings. The van der Waals surface area contributed by atoms with Crippen molar-refractivity contribution < 1.29 is 14.3 Å². The Balaban J connectivity index is 1.76. The molecule has 3 rings (SSSR count). The second-order valence-corrected chi connectivity index (χ2v) is 7.96. The standard InChI is InChI=1S/C23H25N3O3/c1-23(2,3)29-22(28)26-14-12-25(13-15-26)21(27)20-11-7-6-10-19(20)18-9-5-4-8-17(18)16-24/h4-11H,12-15H2,1-3H3. The number of nitriles is 1. The molecule has 0 saturated carbocycles. The van der Waals surface area contributed by atoms with Crippen molar-refractivity contribution in [1.29, 1.82) is 5.26 Å². The van der Waals surface area contributed by atoms with Crippen molar-refractivity contribution in [1.82, 2.24) is 9.80 Å². The topological polar surface area (TPSA) is 73.6 Å². The monoisotopic (exact) mass is 391 g/mol. The molecule has 0 aromatic heterocycles. The van der Waals surface area contributed by atoms with Gasteiger partial charge in [0.05, 0.1) is 11.6 Å². The highest BCUT2D eigenvalue weighted by Crippen LogP contribution is 2.28. The molecule has 0 unspecified atom stereocenters. The molecule has 6 heteroatoms. The number of hydrogen-bond donors (Lipinski definition) is 0. The van der Waals surface area contributed by atoms with Gasteiger partial charge < -0.3 is 14.5 Å². The minimum absolute atomic E-state index is 0.0998. The van der Waals surface area contributed by atoms with Crippen LogP contribution in [0.15, 0.2) is 48.5 Å². The highest BCUT2D eigenvalue weighted by Gasteiger charge is 2.29. The van der Waals surface area contributed by atoms with Crippen molar-refractivity contribution >= 4 is 12.0 Å². The summed E-state index contributed by atoms with van der Waals surface area (Å²) in [5, 5.41) is 9.43. The Hall–Kier alpha value is -3.33. The third kappa shape index (κ3) is 4.75. The first-order chi connectivity index (χ1) is 13.8. The number of amides is 2. The Morgan fingerprint density at radius 3 is 2.07 bits per heavy atom. The molecule has 0 spiro atoms. The molecule has 1 saturated heterocycles. The number of carbonyl (C=O) groups is 2. The fraction of sp³-hybridized carbons (Fsp3) is 0.348. The maximum absolute atomic E-state index is 13.2. The second kappa shape index (κ2) is 8.36. The van der Waals surface area contributed by atoms with E-state index >= 15 is 0 Å². The number of rotatable bonds is 2. The molecule has 0 atom stereocenters. The summed E-state index contributed by atoms with van der Waals surface area (Å²) in [5.41, 5.74) is 2.02. The molecule has 0 N–H and O–H groups in total. The fourth-order valence-electron chi connectivity index (χ4n) is 3.31. The lowest BCUT2D eigenvalue weighted by atomic mass is 9.95. The van der Waals surface area contributed by atoms with Gasteiger partial charge in [0.1, 0.15) is 5.60 Å². The minimum Gasteiger partial charge on any atom is -0.444 e. The minimum atomic E-state index is -0.545. The van der Waals surface area contributed by atoms with Gasteiger partial charge in [-0.15, -0.1) is 0 Å². The number of piperazine rings is 1. The predicted molar refractivity (Wildman–Crippen MR) is 110 cm³/mol. The first-order valence-electron chi connectivity index (χ1n) is 9.66. The molecular weight excluding hydrogens is 366 g/mol. The Morgan fingerprint density at radius 1 is 0.897 bits per heavy atom. The molecule has 1 fully saturated rings. The smallest absolute Gasteiger partial charge is 0.410 e. The van der Waals surface area contributed by atoms with E-state index in [4.69, 9.17) is 4.74 Å². The van der Waals surface area contributed by atoms with Gasteiger partial charge in [0.25, 0.3) is 5.91 Å². The molecule has 2 amide bonds. The van der Waals surface area contributed by atoms with E-state index in [9.17, 15) is 14.9 Å². The van der Waals surface area contributed by atoms with Gasteiger partial charge in [-0.2, -0.15) is 5.26 Å². The lowest BCUT2D eigenvalue weighted by Gasteiger charge is -2.35. The highest BCUT2D eigenvalue weighted by atomic mass is 16.6. The number of ether oxygens (including phenoxy) is 1. The van der Waals surface area contributed by atoms with Crippen LogP contribution in [0, 0.1) is 11.3 Å². The van der Waals surface area contributed by atoms with E-state index in [2.05, 4.69) is 6.07 Å². The molecule has 2 aromatic carbocycles. The molecule has 0 aliphatic carbocycles.